The first kappa shape index (κ1) is 23.9. The first-order chi connectivity index (χ1) is 16.4. The first-order valence-corrected chi connectivity index (χ1v) is 11.6. The molecular weight excluding hydrogens is 454 g/mol. The molecule has 0 bridgehead atoms. The van der Waals surface area contributed by atoms with Gasteiger partial charge in [0.1, 0.15) is 29.6 Å². The second-order valence-electron chi connectivity index (χ2n) is 8.33. The maximum atomic E-state index is 12.9. The van der Waals surface area contributed by atoms with Gasteiger partial charge in [-0.2, -0.15) is 0 Å². The van der Waals surface area contributed by atoms with Crippen molar-refractivity contribution in [3.8, 4) is 5.75 Å². The Morgan fingerprint density at radius 3 is 2.56 bits per heavy atom. The van der Waals surface area contributed by atoms with Gasteiger partial charge in [-0.25, -0.2) is 0 Å². The van der Waals surface area contributed by atoms with Crippen LogP contribution in [0.5, 0.6) is 5.75 Å². The number of benzene rings is 2. The molecule has 0 aliphatic carbocycles. The fourth-order valence-electron chi connectivity index (χ4n) is 4.24. The summed E-state index contributed by atoms with van der Waals surface area (Å²) in [5.41, 5.74) is 2.71. The highest BCUT2D eigenvalue weighted by Gasteiger charge is 2.33. The lowest BCUT2D eigenvalue weighted by atomic mass is 9.99. The van der Waals surface area contributed by atoms with Crippen LogP contribution in [0.2, 0.25) is 5.02 Å². The topological polar surface area (TPSA) is 111 Å². The highest BCUT2D eigenvalue weighted by Crippen LogP contribution is 2.33. The molecule has 0 amide bonds. The van der Waals surface area contributed by atoms with Gasteiger partial charge in [-0.3, -0.25) is 25.5 Å². The van der Waals surface area contributed by atoms with Gasteiger partial charge in [0, 0.05) is 16.1 Å². The fourth-order valence-corrected chi connectivity index (χ4v) is 4.36. The number of amidine groups is 2. The molecule has 0 saturated carbocycles. The molecule has 9 heteroatoms. The van der Waals surface area contributed by atoms with E-state index in [0.717, 1.165) is 31.5 Å². The van der Waals surface area contributed by atoms with Crippen LogP contribution in [0.25, 0.3) is 0 Å². The molecule has 0 unspecified atom stereocenters. The van der Waals surface area contributed by atoms with Gasteiger partial charge in [-0.15, -0.1) is 0 Å². The van der Waals surface area contributed by atoms with Crippen molar-refractivity contribution in [2.75, 3.05) is 25.1 Å². The Bertz CT molecular complexity index is 1130. The van der Waals surface area contributed by atoms with E-state index < -0.39 is 12.0 Å². The standard InChI is InChI=1S/C25H28ClN5O3/c1-15(27)31-22-8-7-19(33-2)13-20(22)24(16-3-5-17(26)6-4-16)30-21(25(31)28)14-23(32)34-18-9-11-29-12-10-18/h3-8,13,18,21,27-29H,9-12,14H2,1-2H3/t21-/m0/s1. The number of anilines is 1. The molecule has 2 aromatic rings. The van der Waals surface area contributed by atoms with Gasteiger partial charge in [-0.05, 0) is 63.2 Å². The van der Waals surface area contributed by atoms with Gasteiger partial charge in [0.05, 0.1) is 24.9 Å². The van der Waals surface area contributed by atoms with Crippen LogP contribution in [0.1, 0.15) is 37.3 Å². The molecule has 2 aromatic carbocycles. The predicted molar refractivity (Wildman–Crippen MR) is 134 cm³/mol. The van der Waals surface area contributed by atoms with E-state index in [1.54, 1.807) is 32.2 Å². The summed E-state index contributed by atoms with van der Waals surface area (Å²) in [6, 6.07) is 11.9. The Morgan fingerprint density at radius 2 is 1.91 bits per heavy atom. The number of halogens is 1. The summed E-state index contributed by atoms with van der Waals surface area (Å²) in [5.74, 6) is 0.427. The molecular formula is C25H28ClN5O3. The number of esters is 1. The molecule has 4 rings (SSSR count). The summed E-state index contributed by atoms with van der Waals surface area (Å²) in [6.07, 6.45) is 1.32. The van der Waals surface area contributed by atoms with E-state index in [9.17, 15) is 4.79 Å². The monoisotopic (exact) mass is 481 g/mol. The number of hydrogen-bond donors (Lipinski definition) is 3. The van der Waals surface area contributed by atoms with E-state index in [-0.39, 0.29) is 24.2 Å². The minimum absolute atomic E-state index is 0.0464. The van der Waals surface area contributed by atoms with Gasteiger partial charge in [0.25, 0.3) is 0 Å². The van der Waals surface area contributed by atoms with Crippen molar-refractivity contribution in [2.24, 2.45) is 4.99 Å². The van der Waals surface area contributed by atoms with E-state index >= 15 is 0 Å². The summed E-state index contributed by atoms with van der Waals surface area (Å²) in [5, 5.41) is 21.1. The Labute approximate surface area is 203 Å². The average molecular weight is 482 g/mol. The maximum absolute atomic E-state index is 12.9. The van der Waals surface area contributed by atoms with Gasteiger partial charge in [-0.1, -0.05) is 23.7 Å². The van der Waals surface area contributed by atoms with Gasteiger partial charge < -0.3 is 14.8 Å². The quantitative estimate of drug-likeness (QED) is 0.339. The number of piperidine rings is 1. The highest BCUT2D eigenvalue weighted by atomic mass is 35.5. The second-order valence-corrected chi connectivity index (χ2v) is 8.77. The van der Waals surface area contributed by atoms with Crippen LogP contribution < -0.4 is 15.0 Å². The molecule has 1 saturated heterocycles. The van der Waals surface area contributed by atoms with Gasteiger partial charge in [0.2, 0.25) is 0 Å². The van der Waals surface area contributed by atoms with Crippen molar-refractivity contribution in [2.45, 2.75) is 38.3 Å². The van der Waals surface area contributed by atoms with Crippen LogP contribution in [-0.4, -0.2) is 55.7 Å². The lowest BCUT2D eigenvalue weighted by Gasteiger charge is -2.27. The van der Waals surface area contributed by atoms with E-state index in [4.69, 9.17) is 36.9 Å². The van der Waals surface area contributed by atoms with Crippen LogP contribution in [0, 0.1) is 10.8 Å². The normalized spacial score (nSPS) is 18.6. The minimum Gasteiger partial charge on any atom is -0.497 e. The van der Waals surface area contributed by atoms with Crippen molar-refractivity contribution in [1.29, 1.82) is 10.8 Å². The number of benzodiazepines with no additional fused rings is 1. The summed E-state index contributed by atoms with van der Waals surface area (Å²) < 4.78 is 11.1. The molecule has 1 fully saturated rings. The zero-order valence-corrected chi connectivity index (χ0v) is 20.0. The van der Waals surface area contributed by atoms with Crippen LogP contribution in [-0.2, 0) is 9.53 Å². The van der Waals surface area contributed by atoms with Crippen LogP contribution in [0.4, 0.5) is 5.69 Å². The Kier molecular flexibility index (Phi) is 7.29. The largest absolute Gasteiger partial charge is 0.497 e. The van der Waals surface area contributed by atoms with Crippen molar-refractivity contribution < 1.29 is 14.3 Å². The minimum atomic E-state index is -0.821. The van der Waals surface area contributed by atoms with Gasteiger partial charge >= 0.3 is 5.97 Å². The van der Waals surface area contributed by atoms with Crippen LogP contribution in [0.3, 0.4) is 0 Å². The molecule has 2 heterocycles. The summed E-state index contributed by atoms with van der Waals surface area (Å²) in [6.45, 7) is 3.24. The molecule has 8 nitrogen and oxygen atoms in total. The molecule has 0 spiro atoms. The SMILES string of the molecule is COc1ccc2c(c1)C(c1ccc(Cl)cc1)=N[C@@H](CC(=O)OC1CCNCC1)C(=N)N2C(C)=N. The van der Waals surface area contributed by atoms with Crippen molar-refractivity contribution in [1.82, 2.24) is 5.32 Å². The second kappa shape index (κ2) is 10.4. The molecule has 0 aromatic heterocycles. The summed E-state index contributed by atoms with van der Waals surface area (Å²) in [7, 11) is 1.58. The molecule has 2 aliphatic heterocycles. The number of rotatable bonds is 5. The lowest BCUT2D eigenvalue weighted by Crippen LogP contribution is -2.42. The predicted octanol–water partition coefficient (Wildman–Crippen LogP) is 4.03. The third-order valence-electron chi connectivity index (χ3n) is 5.94. The summed E-state index contributed by atoms with van der Waals surface area (Å²) >= 11 is 6.11. The molecule has 3 N–H and O–H groups in total. The molecule has 0 radical (unpaired) electrons. The van der Waals surface area contributed by atoms with Crippen molar-refractivity contribution in [3.05, 3.63) is 58.6 Å². The number of fused-ring (bicyclic) bond motifs is 1. The molecule has 178 valence electrons. The third-order valence-corrected chi connectivity index (χ3v) is 6.19. The maximum Gasteiger partial charge on any atom is 0.308 e. The fraction of sp³-hybridized carbons (Fsp3) is 0.360. The van der Waals surface area contributed by atoms with Crippen molar-refractivity contribution in [3.63, 3.8) is 0 Å². The lowest BCUT2D eigenvalue weighted by molar-refractivity contribution is -0.150. The number of methoxy groups -OCH3 is 1. The van der Waals surface area contributed by atoms with E-state index in [1.807, 2.05) is 24.3 Å². The summed E-state index contributed by atoms with van der Waals surface area (Å²) in [4.78, 5) is 19.3. The number of carbonyl (C=O) groups excluding carboxylic acids is 1. The number of hydrogen-bond acceptors (Lipinski definition) is 7. The Morgan fingerprint density at radius 1 is 1.21 bits per heavy atom. The molecule has 2 aliphatic rings. The first-order valence-electron chi connectivity index (χ1n) is 11.2. The number of ether oxygens (including phenoxy) is 2. The van der Waals surface area contributed by atoms with E-state index in [2.05, 4.69) is 5.32 Å². The number of carbonyl (C=O) groups is 1. The van der Waals surface area contributed by atoms with Gasteiger partial charge in [0.15, 0.2) is 0 Å². The molecule has 34 heavy (non-hydrogen) atoms. The van der Waals surface area contributed by atoms with E-state index in [1.165, 1.54) is 4.90 Å². The Balaban J connectivity index is 1.77. The van der Waals surface area contributed by atoms with E-state index in [0.29, 0.717) is 27.7 Å². The average Bonchev–Trinajstić information content (AvgIpc) is 2.94. The molecule has 1 atom stereocenters. The zero-order chi connectivity index (χ0) is 24.2. The Hall–Kier alpha value is -3.23. The van der Waals surface area contributed by atoms with Crippen LogP contribution >= 0.6 is 11.6 Å². The van der Waals surface area contributed by atoms with Crippen LogP contribution in [0.15, 0.2) is 47.5 Å². The smallest absolute Gasteiger partial charge is 0.308 e. The van der Waals surface area contributed by atoms with Crippen molar-refractivity contribution >= 4 is 40.6 Å². The zero-order valence-electron chi connectivity index (χ0n) is 19.2. The number of aliphatic imine (C=N–C) groups is 1. The third kappa shape index (κ3) is 5.13. The highest BCUT2D eigenvalue weighted by molar-refractivity contribution is 6.31. The number of nitrogens with zero attached hydrogens (tertiary/aromatic N) is 2. The number of nitrogens with one attached hydrogen (secondary N) is 3.